The molecule has 1 amide bonds. The first kappa shape index (κ1) is 19.3. The normalized spacial score (nSPS) is 14.7. The van der Waals surface area contributed by atoms with Crippen LogP contribution in [-0.2, 0) is 0 Å². The monoisotopic (exact) mass is 411 g/mol. The topological polar surface area (TPSA) is 36.4 Å². The summed E-state index contributed by atoms with van der Waals surface area (Å²) in [7, 11) is 0. The fraction of sp³-hybridized carbons (Fsp3) is 0.364. The lowest BCUT2D eigenvalue weighted by atomic mass is 10.1. The van der Waals surface area contributed by atoms with E-state index in [1.807, 2.05) is 29.2 Å². The highest BCUT2D eigenvalue weighted by molar-refractivity contribution is 7.99. The van der Waals surface area contributed by atoms with Crippen molar-refractivity contribution in [2.45, 2.75) is 25.7 Å². The second-order valence-electron chi connectivity index (χ2n) is 7.11. The quantitative estimate of drug-likeness (QED) is 0.567. The van der Waals surface area contributed by atoms with Crippen LogP contribution in [0.25, 0.3) is 10.2 Å². The van der Waals surface area contributed by atoms with Crippen LogP contribution in [-0.4, -0.2) is 47.7 Å². The number of anilines is 1. The van der Waals surface area contributed by atoms with Gasteiger partial charge < -0.3 is 9.80 Å². The van der Waals surface area contributed by atoms with E-state index < -0.39 is 0 Å². The van der Waals surface area contributed by atoms with Crippen molar-refractivity contribution in [3.05, 3.63) is 53.1 Å². The Balaban J connectivity index is 1.47. The van der Waals surface area contributed by atoms with Crippen molar-refractivity contribution in [3.63, 3.8) is 0 Å². The molecule has 1 aliphatic heterocycles. The smallest absolute Gasteiger partial charge is 0.255 e. The lowest BCUT2D eigenvalue weighted by molar-refractivity contribution is 0.0743. The minimum atomic E-state index is 0.145. The molecule has 4 nitrogen and oxygen atoms in total. The number of aromatic nitrogens is 1. The van der Waals surface area contributed by atoms with E-state index in [2.05, 4.69) is 37.8 Å². The third-order valence-electron chi connectivity index (χ3n) is 5.25. The Morgan fingerprint density at radius 1 is 1.11 bits per heavy atom. The van der Waals surface area contributed by atoms with Crippen LogP contribution >= 0.6 is 23.1 Å². The Morgan fingerprint density at radius 2 is 1.82 bits per heavy atom. The number of benzene rings is 2. The lowest BCUT2D eigenvalue weighted by Gasteiger charge is -2.34. The molecule has 0 saturated carbocycles. The molecule has 0 N–H and O–H groups in total. The summed E-state index contributed by atoms with van der Waals surface area (Å²) in [6, 6.07) is 12.4. The summed E-state index contributed by atoms with van der Waals surface area (Å²) in [5.74, 6) is 1.11. The number of fused-ring (bicyclic) bond motifs is 1. The van der Waals surface area contributed by atoms with Crippen LogP contribution in [0.3, 0.4) is 0 Å². The van der Waals surface area contributed by atoms with Gasteiger partial charge in [0.15, 0.2) is 5.13 Å². The molecule has 1 aliphatic rings. The summed E-state index contributed by atoms with van der Waals surface area (Å²) in [6.45, 7) is 9.51. The summed E-state index contributed by atoms with van der Waals surface area (Å²) >= 11 is 3.48. The maximum absolute atomic E-state index is 13.0. The number of piperazine rings is 1. The van der Waals surface area contributed by atoms with Gasteiger partial charge in [0.25, 0.3) is 5.91 Å². The van der Waals surface area contributed by atoms with Crippen LogP contribution < -0.4 is 4.90 Å². The number of carbonyl (C=O) groups excluding carboxylic acids is 1. The van der Waals surface area contributed by atoms with Crippen LogP contribution in [0, 0.1) is 13.8 Å². The molecule has 1 fully saturated rings. The molecule has 0 unspecified atom stereocenters. The van der Waals surface area contributed by atoms with Gasteiger partial charge in [-0.05, 0) is 55.0 Å². The van der Waals surface area contributed by atoms with Gasteiger partial charge >= 0.3 is 0 Å². The van der Waals surface area contributed by atoms with E-state index in [0.717, 1.165) is 53.0 Å². The number of hydrogen-bond donors (Lipinski definition) is 0. The molecule has 6 heteroatoms. The maximum Gasteiger partial charge on any atom is 0.255 e. The number of thiazole rings is 1. The molecule has 0 atom stereocenters. The van der Waals surface area contributed by atoms with E-state index in [9.17, 15) is 4.79 Å². The molecule has 0 spiro atoms. The molecule has 3 aromatic rings. The predicted octanol–water partition coefficient (Wildman–Crippen LogP) is 4.99. The van der Waals surface area contributed by atoms with E-state index in [-0.39, 0.29) is 5.91 Å². The molecule has 1 saturated heterocycles. The second-order valence-corrected chi connectivity index (χ2v) is 9.42. The van der Waals surface area contributed by atoms with Crippen molar-refractivity contribution in [1.29, 1.82) is 0 Å². The van der Waals surface area contributed by atoms with Crippen LogP contribution in [0.5, 0.6) is 0 Å². The van der Waals surface area contributed by atoms with Gasteiger partial charge in [-0.2, -0.15) is 0 Å². The Morgan fingerprint density at radius 3 is 2.57 bits per heavy atom. The van der Waals surface area contributed by atoms with Crippen molar-refractivity contribution in [2.24, 2.45) is 0 Å². The van der Waals surface area contributed by atoms with Gasteiger partial charge in [0.05, 0.1) is 15.8 Å². The fourth-order valence-corrected chi connectivity index (χ4v) is 5.39. The first-order valence-electron chi connectivity index (χ1n) is 9.70. The van der Waals surface area contributed by atoms with E-state index in [4.69, 9.17) is 4.98 Å². The summed E-state index contributed by atoms with van der Waals surface area (Å²) < 4.78 is 1.24. The Labute approximate surface area is 174 Å². The predicted molar refractivity (Wildman–Crippen MR) is 120 cm³/mol. The molecule has 2 aromatic carbocycles. The fourth-order valence-electron chi connectivity index (χ4n) is 3.50. The van der Waals surface area contributed by atoms with Gasteiger partial charge in [0, 0.05) is 31.1 Å². The van der Waals surface area contributed by atoms with E-state index >= 15 is 0 Å². The van der Waals surface area contributed by atoms with Gasteiger partial charge in [-0.3, -0.25) is 4.79 Å². The average molecular weight is 412 g/mol. The largest absolute Gasteiger partial charge is 0.345 e. The molecule has 28 heavy (non-hydrogen) atoms. The average Bonchev–Trinajstić information content (AvgIpc) is 3.11. The first-order chi connectivity index (χ1) is 13.6. The molecule has 146 valence electrons. The Bertz CT molecular complexity index is 967. The SMILES string of the molecule is CCSc1ccccc1C(=O)N1CCN(c2nc3cc(C)c(C)cc3s2)CC1. The van der Waals surface area contributed by atoms with Gasteiger partial charge in [-0.25, -0.2) is 4.98 Å². The number of nitrogens with zero attached hydrogens (tertiary/aromatic N) is 3. The summed E-state index contributed by atoms with van der Waals surface area (Å²) in [5.41, 5.74) is 4.49. The zero-order valence-corrected chi connectivity index (χ0v) is 18.2. The highest BCUT2D eigenvalue weighted by Crippen LogP contribution is 2.31. The third-order valence-corrected chi connectivity index (χ3v) is 7.28. The molecule has 0 bridgehead atoms. The van der Waals surface area contributed by atoms with E-state index in [1.165, 1.54) is 15.8 Å². The Kier molecular flexibility index (Phi) is 5.60. The number of carbonyl (C=O) groups is 1. The number of amides is 1. The third kappa shape index (κ3) is 3.76. The van der Waals surface area contributed by atoms with Crippen LogP contribution in [0.2, 0.25) is 0 Å². The van der Waals surface area contributed by atoms with Gasteiger partial charge in [0.1, 0.15) is 0 Å². The molecule has 2 heterocycles. The van der Waals surface area contributed by atoms with E-state index in [1.54, 1.807) is 23.1 Å². The number of hydrogen-bond acceptors (Lipinski definition) is 5. The van der Waals surface area contributed by atoms with Crippen molar-refractivity contribution < 1.29 is 4.79 Å². The van der Waals surface area contributed by atoms with Crippen molar-refractivity contribution in [3.8, 4) is 0 Å². The highest BCUT2D eigenvalue weighted by Gasteiger charge is 2.25. The van der Waals surface area contributed by atoms with Crippen LogP contribution in [0.15, 0.2) is 41.3 Å². The van der Waals surface area contributed by atoms with Gasteiger partial charge in [-0.1, -0.05) is 30.4 Å². The molecule has 0 radical (unpaired) electrons. The zero-order chi connectivity index (χ0) is 19.7. The van der Waals surface area contributed by atoms with E-state index in [0.29, 0.717) is 0 Å². The lowest BCUT2D eigenvalue weighted by Crippen LogP contribution is -2.48. The van der Waals surface area contributed by atoms with Crippen LogP contribution in [0.1, 0.15) is 28.4 Å². The molecule has 4 rings (SSSR count). The summed E-state index contributed by atoms with van der Waals surface area (Å²) in [4.78, 5) is 23.2. The summed E-state index contributed by atoms with van der Waals surface area (Å²) in [5, 5.41) is 1.06. The first-order valence-corrected chi connectivity index (χ1v) is 11.5. The zero-order valence-electron chi connectivity index (χ0n) is 16.6. The Hall–Kier alpha value is -2.05. The number of aryl methyl sites for hydroxylation is 2. The second kappa shape index (κ2) is 8.13. The minimum Gasteiger partial charge on any atom is -0.345 e. The highest BCUT2D eigenvalue weighted by atomic mass is 32.2. The van der Waals surface area contributed by atoms with Crippen molar-refractivity contribution >= 4 is 44.4 Å². The van der Waals surface area contributed by atoms with Crippen LogP contribution in [0.4, 0.5) is 5.13 Å². The molecular weight excluding hydrogens is 386 g/mol. The molecular formula is C22H25N3OS2. The summed E-state index contributed by atoms with van der Waals surface area (Å²) in [6.07, 6.45) is 0. The standard InChI is InChI=1S/C22H25N3OS2/c1-4-27-19-8-6-5-7-17(19)21(26)24-9-11-25(12-10-24)22-23-18-13-15(2)16(3)14-20(18)28-22/h5-8,13-14H,4,9-12H2,1-3H3. The number of thioether (sulfide) groups is 1. The minimum absolute atomic E-state index is 0.145. The maximum atomic E-state index is 13.0. The van der Waals surface area contributed by atoms with Gasteiger partial charge in [0.2, 0.25) is 0 Å². The number of rotatable bonds is 4. The molecule has 0 aliphatic carbocycles. The van der Waals surface area contributed by atoms with Crippen molar-refractivity contribution in [2.75, 3.05) is 36.8 Å². The van der Waals surface area contributed by atoms with Gasteiger partial charge in [-0.15, -0.1) is 11.8 Å². The molecule has 1 aromatic heterocycles. The van der Waals surface area contributed by atoms with Crippen molar-refractivity contribution in [1.82, 2.24) is 9.88 Å².